The molecular formula is C17H19N3OS. The summed E-state index contributed by atoms with van der Waals surface area (Å²) >= 11 is 1.83. The minimum Gasteiger partial charge on any atom is -0.325 e. The smallest absolute Gasteiger partial charge is 0.224 e. The Labute approximate surface area is 134 Å². The molecule has 114 valence electrons. The van der Waals surface area contributed by atoms with Gasteiger partial charge in [-0.15, -0.1) is 11.3 Å². The summed E-state index contributed by atoms with van der Waals surface area (Å²) in [7, 11) is 0. The molecular weight excluding hydrogens is 294 g/mol. The van der Waals surface area contributed by atoms with E-state index in [1.165, 1.54) is 4.88 Å². The average Bonchev–Trinajstić information content (AvgIpc) is 2.93. The van der Waals surface area contributed by atoms with Gasteiger partial charge >= 0.3 is 0 Å². The summed E-state index contributed by atoms with van der Waals surface area (Å²) in [6, 6.07) is 8.03. The zero-order valence-electron chi connectivity index (χ0n) is 12.3. The van der Waals surface area contributed by atoms with Crippen LogP contribution in [0.4, 0.5) is 5.69 Å². The second-order valence-electron chi connectivity index (χ2n) is 6.26. The number of thiophene rings is 1. The molecule has 1 saturated heterocycles. The van der Waals surface area contributed by atoms with E-state index in [1.807, 2.05) is 23.5 Å². The van der Waals surface area contributed by atoms with E-state index in [0.717, 1.165) is 37.2 Å². The molecule has 0 aromatic carbocycles. The van der Waals surface area contributed by atoms with Gasteiger partial charge < -0.3 is 5.32 Å². The number of pyridine rings is 1. The van der Waals surface area contributed by atoms with Gasteiger partial charge in [-0.3, -0.25) is 14.7 Å². The van der Waals surface area contributed by atoms with Crippen molar-refractivity contribution < 1.29 is 4.79 Å². The Morgan fingerprint density at radius 1 is 1.32 bits per heavy atom. The molecule has 0 radical (unpaired) electrons. The van der Waals surface area contributed by atoms with Gasteiger partial charge in [0.15, 0.2) is 0 Å². The Morgan fingerprint density at radius 3 is 2.86 bits per heavy atom. The van der Waals surface area contributed by atoms with Crippen molar-refractivity contribution in [2.75, 3.05) is 18.4 Å². The number of aromatic nitrogens is 1. The Hall–Kier alpha value is -1.72. The van der Waals surface area contributed by atoms with E-state index >= 15 is 0 Å². The predicted octanol–water partition coefficient (Wildman–Crippen LogP) is 2.85. The second-order valence-corrected chi connectivity index (χ2v) is 7.29. The van der Waals surface area contributed by atoms with Crippen molar-refractivity contribution in [1.82, 2.24) is 9.88 Å². The number of piperidine rings is 1. The molecule has 4 nitrogen and oxygen atoms in total. The van der Waals surface area contributed by atoms with Crippen LogP contribution in [0.3, 0.4) is 0 Å². The van der Waals surface area contributed by atoms with Gasteiger partial charge in [-0.25, -0.2) is 0 Å². The minimum atomic E-state index is 0.122. The van der Waals surface area contributed by atoms with Gasteiger partial charge in [-0.1, -0.05) is 6.07 Å². The number of fused-ring (bicyclic) bond motifs is 1. The van der Waals surface area contributed by atoms with Gasteiger partial charge in [-0.05, 0) is 41.3 Å². The topological polar surface area (TPSA) is 45.2 Å². The maximum Gasteiger partial charge on any atom is 0.224 e. The fraction of sp³-hybridized carbons (Fsp3) is 0.412. The zero-order chi connectivity index (χ0) is 14.9. The largest absolute Gasteiger partial charge is 0.325 e. The first kappa shape index (κ1) is 13.9. The highest BCUT2D eigenvalue weighted by Crippen LogP contribution is 2.53. The molecule has 2 aromatic rings. The van der Waals surface area contributed by atoms with E-state index < -0.39 is 0 Å². The number of rotatable bonds is 5. The number of anilines is 1. The van der Waals surface area contributed by atoms with Gasteiger partial charge in [0.05, 0.1) is 11.9 Å². The zero-order valence-corrected chi connectivity index (χ0v) is 13.1. The Kier molecular flexibility index (Phi) is 3.68. The summed E-state index contributed by atoms with van der Waals surface area (Å²) in [5, 5.41) is 5.07. The molecule has 1 unspecified atom stereocenters. The average molecular weight is 313 g/mol. The molecule has 22 heavy (non-hydrogen) atoms. The summed E-state index contributed by atoms with van der Waals surface area (Å²) in [6.45, 7) is 3.36. The van der Waals surface area contributed by atoms with E-state index in [-0.39, 0.29) is 5.91 Å². The Balaban J connectivity index is 1.24. The highest BCUT2D eigenvalue weighted by molar-refractivity contribution is 7.09. The maximum atomic E-state index is 12.1. The highest BCUT2D eigenvalue weighted by Gasteiger charge is 2.55. The lowest BCUT2D eigenvalue weighted by molar-refractivity contribution is -0.116. The van der Waals surface area contributed by atoms with Crippen molar-refractivity contribution in [3.63, 3.8) is 0 Å². The van der Waals surface area contributed by atoms with Gasteiger partial charge in [0.1, 0.15) is 0 Å². The molecule has 4 rings (SSSR count). The van der Waals surface area contributed by atoms with E-state index in [1.54, 1.807) is 12.4 Å². The Morgan fingerprint density at radius 2 is 2.18 bits per heavy atom. The standard InChI is InChI=1S/C17H19N3OS/c21-17(19-12-3-1-5-18-8-12)7-14-15-10-20(11-16(14)15)9-13-4-2-6-22-13/h1-6,8,14-16H,7,9-11H2,(H,19,21)/t14?,15-,16+. The van der Waals surface area contributed by atoms with E-state index in [0.29, 0.717) is 12.3 Å². The van der Waals surface area contributed by atoms with Crippen LogP contribution in [0.2, 0.25) is 0 Å². The third-order valence-electron chi connectivity index (χ3n) is 4.77. The van der Waals surface area contributed by atoms with Crippen LogP contribution in [-0.2, 0) is 11.3 Å². The SMILES string of the molecule is O=C(CC1[C@H]2CN(Cc3cccs3)C[C@@H]12)Nc1cccnc1. The summed E-state index contributed by atoms with van der Waals surface area (Å²) in [4.78, 5) is 20.1. The molecule has 1 saturated carbocycles. The van der Waals surface area contributed by atoms with E-state index in [2.05, 4.69) is 32.7 Å². The minimum absolute atomic E-state index is 0.122. The number of nitrogens with one attached hydrogen (secondary N) is 1. The normalized spacial score (nSPS) is 26.6. The summed E-state index contributed by atoms with van der Waals surface area (Å²) in [5.41, 5.74) is 0.789. The van der Waals surface area contributed by atoms with Crippen LogP contribution in [0.1, 0.15) is 11.3 Å². The van der Waals surface area contributed by atoms with Crippen LogP contribution in [0.25, 0.3) is 0 Å². The molecule has 0 spiro atoms. The molecule has 1 amide bonds. The molecule has 1 N–H and O–H groups in total. The van der Waals surface area contributed by atoms with Gasteiger partial charge in [-0.2, -0.15) is 0 Å². The summed E-state index contributed by atoms with van der Waals surface area (Å²) < 4.78 is 0. The first-order valence-corrected chi connectivity index (χ1v) is 8.62. The second kappa shape index (κ2) is 5.82. The number of likely N-dealkylation sites (tertiary alicyclic amines) is 1. The molecule has 3 heterocycles. The molecule has 5 heteroatoms. The number of nitrogens with zero attached hydrogens (tertiary/aromatic N) is 2. The van der Waals surface area contributed by atoms with Crippen LogP contribution in [-0.4, -0.2) is 28.9 Å². The molecule has 2 aliphatic rings. The molecule has 1 aliphatic carbocycles. The quantitative estimate of drug-likeness (QED) is 0.923. The van der Waals surface area contributed by atoms with Crippen LogP contribution >= 0.6 is 11.3 Å². The maximum absolute atomic E-state index is 12.1. The molecule has 2 aromatic heterocycles. The third kappa shape index (κ3) is 2.91. The van der Waals surface area contributed by atoms with Crippen molar-refractivity contribution in [1.29, 1.82) is 0 Å². The monoisotopic (exact) mass is 313 g/mol. The van der Waals surface area contributed by atoms with Crippen molar-refractivity contribution in [2.45, 2.75) is 13.0 Å². The van der Waals surface area contributed by atoms with Crippen molar-refractivity contribution in [2.24, 2.45) is 17.8 Å². The van der Waals surface area contributed by atoms with Crippen molar-refractivity contribution in [3.8, 4) is 0 Å². The summed E-state index contributed by atoms with van der Waals surface area (Å²) in [6.07, 6.45) is 4.05. The first-order valence-electron chi connectivity index (χ1n) is 7.74. The molecule has 3 atom stereocenters. The fourth-order valence-corrected chi connectivity index (χ4v) is 4.40. The predicted molar refractivity (Wildman–Crippen MR) is 87.5 cm³/mol. The summed E-state index contributed by atoms with van der Waals surface area (Å²) in [5.74, 6) is 2.15. The van der Waals surface area contributed by atoms with Gasteiger partial charge in [0, 0.05) is 37.1 Å². The van der Waals surface area contributed by atoms with Gasteiger partial charge in [0.2, 0.25) is 5.91 Å². The first-order chi connectivity index (χ1) is 10.8. The Bertz CT molecular complexity index is 631. The molecule has 1 aliphatic heterocycles. The lowest BCUT2D eigenvalue weighted by atomic mass is 10.2. The van der Waals surface area contributed by atoms with Crippen LogP contribution in [0, 0.1) is 17.8 Å². The third-order valence-corrected chi connectivity index (χ3v) is 5.63. The van der Waals surface area contributed by atoms with Gasteiger partial charge in [0.25, 0.3) is 0 Å². The fourth-order valence-electron chi connectivity index (χ4n) is 3.65. The van der Waals surface area contributed by atoms with Crippen LogP contribution < -0.4 is 5.32 Å². The molecule has 2 fully saturated rings. The number of hydrogen-bond donors (Lipinski definition) is 1. The lowest BCUT2D eigenvalue weighted by Crippen LogP contribution is -2.25. The van der Waals surface area contributed by atoms with E-state index in [9.17, 15) is 4.79 Å². The highest BCUT2D eigenvalue weighted by atomic mass is 32.1. The van der Waals surface area contributed by atoms with E-state index in [4.69, 9.17) is 0 Å². The van der Waals surface area contributed by atoms with Crippen molar-refractivity contribution in [3.05, 3.63) is 46.9 Å². The van der Waals surface area contributed by atoms with Crippen LogP contribution in [0.5, 0.6) is 0 Å². The number of carbonyl (C=O) groups excluding carboxylic acids is 1. The number of hydrogen-bond acceptors (Lipinski definition) is 4. The number of amides is 1. The van der Waals surface area contributed by atoms with Crippen molar-refractivity contribution >= 4 is 22.9 Å². The van der Waals surface area contributed by atoms with Crippen LogP contribution in [0.15, 0.2) is 42.0 Å². The number of carbonyl (C=O) groups is 1. The lowest BCUT2D eigenvalue weighted by Gasteiger charge is -2.18. The molecule has 0 bridgehead atoms.